The Hall–Kier alpha value is -2.74. The van der Waals surface area contributed by atoms with Gasteiger partial charge in [0.15, 0.2) is 0 Å². The Morgan fingerprint density at radius 1 is 1.16 bits per heavy atom. The molecule has 0 unspecified atom stereocenters. The molecule has 1 amide bonds. The van der Waals surface area contributed by atoms with Crippen molar-refractivity contribution >= 4 is 11.9 Å². The molecule has 8 heteroatoms. The maximum absolute atomic E-state index is 12.0. The quantitative estimate of drug-likeness (QED) is 0.724. The lowest BCUT2D eigenvalue weighted by molar-refractivity contribution is 0.0950. The van der Waals surface area contributed by atoms with E-state index in [0.29, 0.717) is 6.54 Å². The van der Waals surface area contributed by atoms with E-state index in [1.807, 2.05) is 6.07 Å². The maximum Gasteiger partial charge on any atom is 0.260 e. The van der Waals surface area contributed by atoms with Crippen LogP contribution in [0.1, 0.15) is 16.8 Å². The summed E-state index contributed by atoms with van der Waals surface area (Å²) in [4.78, 5) is 39.1. The number of aromatic amines is 1. The van der Waals surface area contributed by atoms with E-state index < -0.39 is 0 Å². The number of hydrogen-bond donors (Lipinski definition) is 2. The van der Waals surface area contributed by atoms with Gasteiger partial charge in [-0.25, -0.2) is 9.97 Å². The fourth-order valence-electron chi connectivity index (χ4n) is 2.83. The average molecular weight is 342 g/mol. The molecule has 1 aliphatic rings. The first-order valence-electron chi connectivity index (χ1n) is 8.44. The summed E-state index contributed by atoms with van der Waals surface area (Å²) < 4.78 is 0. The third-order valence-electron chi connectivity index (χ3n) is 4.21. The Labute approximate surface area is 145 Å². The van der Waals surface area contributed by atoms with E-state index in [0.717, 1.165) is 45.1 Å². The van der Waals surface area contributed by atoms with Crippen molar-refractivity contribution in [3.8, 4) is 0 Å². The molecule has 2 aromatic rings. The summed E-state index contributed by atoms with van der Waals surface area (Å²) in [6, 6.07) is 4.99. The monoisotopic (exact) mass is 342 g/mol. The van der Waals surface area contributed by atoms with Gasteiger partial charge in [-0.15, -0.1) is 0 Å². The minimum Gasteiger partial charge on any atom is -0.352 e. The van der Waals surface area contributed by atoms with Crippen molar-refractivity contribution in [1.82, 2.24) is 25.2 Å². The first-order chi connectivity index (χ1) is 12.2. The Balaban J connectivity index is 1.36. The molecule has 3 rings (SSSR count). The van der Waals surface area contributed by atoms with Crippen LogP contribution in [0.25, 0.3) is 0 Å². The van der Waals surface area contributed by atoms with Crippen LogP contribution in [0.5, 0.6) is 0 Å². The average Bonchev–Trinajstić information content (AvgIpc) is 2.66. The van der Waals surface area contributed by atoms with Crippen LogP contribution in [0.2, 0.25) is 0 Å². The van der Waals surface area contributed by atoms with Crippen LogP contribution in [0, 0.1) is 0 Å². The molecule has 0 atom stereocenters. The second-order valence-corrected chi connectivity index (χ2v) is 5.90. The summed E-state index contributed by atoms with van der Waals surface area (Å²) in [6.45, 7) is 5.16. The van der Waals surface area contributed by atoms with Crippen LogP contribution >= 0.6 is 0 Å². The van der Waals surface area contributed by atoms with Crippen LogP contribution in [0.3, 0.4) is 0 Å². The number of anilines is 1. The van der Waals surface area contributed by atoms with E-state index in [2.05, 4.69) is 30.1 Å². The van der Waals surface area contributed by atoms with E-state index in [1.165, 1.54) is 12.3 Å². The highest BCUT2D eigenvalue weighted by Gasteiger charge is 2.18. The summed E-state index contributed by atoms with van der Waals surface area (Å²) in [7, 11) is 0. The van der Waals surface area contributed by atoms with Gasteiger partial charge in [0.1, 0.15) is 5.56 Å². The van der Waals surface area contributed by atoms with Gasteiger partial charge in [0, 0.05) is 51.3 Å². The number of pyridine rings is 1. The molecule has 8 nitrogen and oxygen atoms in total. The molecule has 0 bridgehead atoms. The summed E-state index contributed by atoms with van der Waals surface area (Å²) in [5.41, 5.74) is -0.210. The number of nitrogens with one attached hydrogen (secondary N) is 2. The second-order valence-electron chi connectivity index (χ2n) is 5.90. The predicted molar refractivity (Wildman–Crippen MR) is 94.7 cm³/mol. The van der Waals surface area contributed by atoms with E-state index in [-0.39, 0.29) is 17.0 Å². The standard InChI is InChI=1S/C17H22N6O2/c24-15-14(4-1-5-18-15)16(25)19-8-3-9-22-10-12-23(13-11-22)17-20-6-2-7-21-17/h1-2,4-7H,3,8-13H2,(H,18,24)(H,19,25). The van der Waals surface area contributed by atoms with Gasteiger partial charge in [0.25, 0.3) is 11.5 Å². The summed E-state index contributed by atoms with van der Waals surface area (Å²) in [6.07, 6.45) is 5.88. The zero-order chi connectivity index (χ0) is 17.5. The molecular formula is C17H22N6O2. The highest BCUT2D eigenvalue weighted by molar-refractivity contribution is 5.93. The molecule has 1 saturated heterocycles. The van der Waals surface area contributed by atoms with Crippen molar-refractivity contribution in [2.24, 2.45) is 0 Å². The van der Waals surface area contributed by atoms with Crippen LogP contribution in [0.4, 0.5) is 5.95 Å². The number of amides is 1. The lowest BCUT2D eigenvalue weighted by atomic mass is 10.2. The van der Waals surface area contributed by atoms with E-state index in [4.69, 9.17) is 0 Å². The number of carbonyl (C=O) groups is 1. The Morgan fingerprint density at radius 3 is 2.64 bits per heavy atom. The smallest absolute Gasteiger partial charge is 0.260 e. The number of aromatic nitrogens is 3. The molecule has 0 aliphatic carbocycles. The first kappa shape index (κ1) is 17.1. The minimum absolute atomic E-state index is 0.152. The lowest BCUT2D eigenvalue weighted by Gasteiger charge is -2.34. The third kappa shape index (κ3) is 4.63. The molecule has 2 N–H and O–H groups in total. The van der Waals surface area contributed by atoms with Crippen molar-refractivity contribution in [2.75, 3.05) is 44.2 Å². The van der Waals surface area contributed by atoms with Gasteiger partial charge in [-0.2, -0.15) is 0 Å². The van der Waals surface area contributed by atoms with Crippen LogP contribution < -0.4 is 15.8 Å². The van der Waals surface area contributed by atoms with Crippen LogP contribution in [-0.2, 0) is 0 Å². The predicted octanol–water partition coefficient (Wildman–Crippen LogP) is 0.107. The third-order valence-corrected chi connectivity index (χ3v) is 4.21. The fourth-order valence-corrected chi connectivity index (χ4v) is 2.83. The molecule has 0 spiro atoms. The van der Waals surface area contributed by atoms with Gasteiger partial charge < -0.3 is 15.2 Å². The molecule has 1 aliphatic heterocycles. The van der Waals surface area contributed by atoms with Gasteiger partial charge in [-0.05, 0) is 31.2 Å². The van der Waals surface area contributed by atoms with E-state index in [1.54, 1.807) is 18.5 Å². The molecule has 1 fully saturated rings. The summed E-state index contributed by atoms with van der Waals surface area (Å²) in [5.74, 6) is 0.454. The maximum atomic E-state index is 12.0. The number of nitrogens with zero attached hydrogens (tertiary/aromatic N) is 4. The zero-order valence-electron chi connectivity index (χ0n) is 14.0. The number of rotatable bonds is 6. The highest BCUT2D eigenvalue weighted by Crippen LogP contribution is 2.09. The number of piperazine rings is 1. The molecule has 0 saturated carbocycles. The van der Waals surface area contributed by atoms with Gasteiger partial charge in [-0.3, -0.25) is 14.5 Å². The Kier molecular flexibility index (Phi) is 5.73. The van der Waals surface area contributed by atoms with Crippen molar-refractivity contribution in [2.45, 2.75) is 6.42 Å². The summed E-state index contributed by atoms with van der Waals surface area (Å²) >= 11 is 0. The second kappa shape index (κ2) is 8.39. The molecule has 0 radical (unpaired) electrons. The van der Waals surface area contributed by atoms with Gasteiger partial charge >= 0.3 is 0 Å². The normalized spacial score (nSPS) is 15.1. The topological polar surface area (TPSA) is 94.2 Å². The molecule has 132 valence electrons. The van der Waals surface area contributed by atoms with Gasteiger partial charge in [-0.1, -0.05) is 0 Å². The lowest BCUT2D eigenvalue weighted by Crippen LogP contribution is -2.47. The molecule has 0 aromatic carbocycles. The first-order valence-corrected chi connectivity index (χ1v) is 8.44. The number of H-pyrrole nitrogens is 1. The van der Waals surface area contributed by atoms with Crippen molar-refractivity contribution in [3.05, 3.63) is 52.7 Å². The SMILES string of the molecule is O=C(NCCCN1CCN(c2ncccn2)CC1)c1ccc[nH]c1=O. The fraction of sp³-hybridized carbons (Fsp3) is 0.412. The molecule has 2 aromatic heterocycles. The number of hydrogen-bond acceptors (Lipinski definition) is 6. The largest absolute Gasteiger partial charge is 0.352 e. The molecular weight excluding hydrogens is 320 g/mol. The molecule has 3 heterocycles. The van der Waals surface area contributed by atoms with Gasteiger partial charge in [0.2, 0.25) is 5.95 Å². The van der Waals surface area contributed by atoms with Crippen molar-refractivity contribution < 1.29 is 4.79 Å². The van der Waals surface area contributed by atoms with Crippen LogP contribution in [0.15, 0.2) is 41.6 Å². The van der Waals surface area contributed by atoms with Crippen molar-refractivity contribution in [3.63, 3.8) is 0 Å². The molecule has 25 heavy (non-hydrogen) atoms. The van der Waals surface area contributed by atoms with E-state index >= 15 is 0 Å². The zero-order valence-corrected chi connectivity index (χ0v) is 14.0. The number of carbonyl (C=O) groups excluding carboxylic acids is 1. The minimum atomic E-state index is -0.362. The Morgan fingerprint density at radius 2 is 1.92 bits per heavy atom. The highest BCUT2D eigenvalue weighted by atomic mass is 16.2. The van der Waals surface area contributed by atoms with Crippen molar-refractivity contribution in [1.29, 1.82) is 0 Å². The van der Waals surface area contributed by atoms with Gasteiger partial charge in [0.05, 0.1) is 0 Å². The van der Waals surface area contributed by atoms with Crippen LogP contribution in [-0.4, -0.2) is 65.0 Å². The summed E-state index contributed by atoms with van der Waals surface area (Å²) in [5, 5.41) is 2.80. The Bertz CT molecular complexity index is 740. The van der Waals surface area contributed by atoms with E-state index in [9.17, 15) is 9.59 Å².